The van der Waals surface area contributed by atoms with E-state index in [1.807, 2.05) is 12.2 Å². The van der Waals surface area contributed by atoms with Crippen LogP contribution in [0.1, 0.15) is 18.4 Å². The first kappa shape index (κ1) is 14.3. The molecule has 0 N–H and O–H groups in total. The van der Waals surface area contributed by atoms with Crippen LogP contribution < -0.4 is 4.90 Å². The minimum atomic E-state index is -4.52. The van der Waals surface area contributed by atoms with Gasteiger partial charge in [-0.2, -0.15) is 13.2 Å². The maximum absolute atomic E-state index is 12.9. The number of hydrogen-bond acceptors (Lipinski definition) is 2. The van der Waals surface area contributed by atoms with Crippen molar-refractivity contribution < 1.29 is 22.8 Å². The van der Waals surface area contributed by atoms with E-state index in [2.05, 4.69) is 0 Å². The van der Waals surface area contributed by atoms with Gasteiger partial charge in [-0.05, 0) is 31.0 Å². The van der Waals surface area contributed by atoms with Gasteiger partial charge in [0.25, 0.3) is 5.91 Å². The third kappa shape index (κ3) is 1.99. The first-order valence-corrected chi connectivity index (χ1v) is 7.40. The molecule has 5 rings (SSSR count). The van der Waals surface area contributed by atoms with Gasteiger partial charge in [-0.15, -0.1) is 0 Å². The third-order valence-electron chi connectivity index (χ3n) is 4.76. The lowest BCUT2D eigenvalue weighted by molar-refractivity contribution is -0.137. The van der Waals surface area contributed by atoms with Crippen molar-refractivity contribution in [1.29, 1.82) is 0 Å². The minimum Gasteiger partial charge on any atom is -0.305 e. The number of nitrogens with zero attached hydrogens (tertiary/aromatic N) is 2. The number of alkyl halides is 3. The highest BCUT2D eigenvalue weighted by Crippen LogP contribution is 2.42. The van der Waals surface area contributed by atoms with Gasteiger partial charge >= 0.3 is 12.2 Å². The molecular formula is C16H13F3N2O2. The summed E-state index contributed by atoms with van der Waals surface area (Å²) in [4.78, 5) is 27.7. The number of fused-ring (bicyclic) bond motifs is 1. The van der Waals surface area contributed by atoms with Gasteiger partial charge in [-0.25, -0.2) is 9.69 Å². The molecule has 4 aliphatic rings. The van der Waals surface area contributed by atoms with Crippen molar-refractivity contribution in [3.63, 3.8) is 0 Å². The first-order chi connectivity index (χ1) is 10.9. The van der Waals surface area contributed by atoms with Gasteiger partial charge in [0.05, 0.1) is 17.3 Å². The average molecular weight is 322 g/mol. The van der Waals surface area contributed by atoms with Crippen LogP contribution in [0.5, 0.6) is 0 Å². The molecule has 0 radical (unpaired) electrons. The molecule has 1 aliphatic carbocycles. The number of piperidine rings is 1. The number of carbonyl (C=O) groups is 2. The molecule has 0 aromatic heterocycles. The number of halogens is 3. The Morgan fingerprint density at radius 2 is 1.87 bits per heavy atom. The van der Waals surface area contributed by atoms with Crippen LogP contribution in [0.4, 0.5) is 23.7 Å². The van der Waals surface area contributed by atoms with Gasteiger partial charge in [-0.3, -0.25) is 4.79 Å². The number of amides is 3. The Bertz CT molecular complexity index is 696. The first-order valence-electron chi connectivity index (χ1n) is 7.40. The van der Waals surface area contributed by atoms with E-state index in [9.17, 15) is 22.8 Å². The minimum absolute atomic E-state index is 0.0244. The normalized spacial score (nSPS) is 29.4. The van der Waals surface area contributed by atoms with E-state index in [0.717, 1.165) is 29.9 Å². The van der Waals surface area contributed by atoms with Crippen LogP contribution in [0, 0.1) is 5.92 Å². The predicted molar refractivity (Wildman–Crippen MR) is 75.6 cm³/mol. The molecule has 2 fully saturated rings. The molecule has 3 heterocycles. The van der Waals surface area contributed by atoms with E-state index in [0.29, 0.717) is 0 Å². The van der Waals surface area contributed by atoms with Crippen LogP contribution in [0.2, 0.25) is 0 Å². The Hall–Kier alpha value is -2.31. The van der Waals surface area contributed by atoms with Crippen LogP contribution in [-0.4, -0.2) is 28.9 Å². The summed E-state index contributed by atoms with van der Waals surface area (Å²) >= 11 is 0. The molecule has 1 aromatic rings. The Labute approximate surface area is 130 Å². The summed E-state index contributed by atoms with van der Waals surface area (Å²) in [7, 11) is 0. The zero-order valence-corrected chi connectivity index (χ0v) is 12.0. The Morgan fingerprint density at radius 1 is 1.09 bits per heavy atom. The molecule has 3 atom stereocenters. The largest absolute Gasteiger partial charge is 0.416 e. The number of hydrogen-bond donors (Lipinski definition) is 0. The number of anilines is 1. The van der Waals surface area contributed by atoms with Crippen LogP contribution in [0.25, 0.3) is 0 Å². The second-order valence-electron chi connectivity index (χ2n) is 6.05. The number of urea groups is 1. The van der Waals surface area contributed by atoms with Crippen LogP contribution in [0.3, 0.4) is 0 Å². The van der Waals surface area contributed by atoms with Gasteiger partial charge in [0, 0.05) is 5.92 Å². The number of benzene rings is 1. The van der Waals surface area contributed by atoms with E-state index in [-0.39, 0.29) is 17.6 Å². The summed E-state index contributed by atoms with van der Waals surface area (Å²) in [6, 6.07) is 3.09. The summed E-state index contributed by atoms with van der Waals surface area (Å²) in [5, 5.41) is 0. The van der Waals surface area contributed by atoms with Crippen molar-refractivity contribution in [3.05, 3.63) is 42.0 Å². The van der Waals surface area contributed by atoms with Crippen molar-refractivity contribution in [3.8, 4) is 0 Å². The topological polar surface area (TPSA) is 40.6 Å². The zero-order valence-electron chi connectivity index (χ0n) is 12.0. The van der Waals surface area contributed by atoms with Gasteiger partial charge in [0.15, 0.2) is 0 Å². The maximum atomic E-state index is 12.9. The van der Waals surface area contributed by atoms with Crippen molar-refractivity contribution in [2.75, 3.05) is 4.90 Å². The second-order valence-corrected chi connectivity index (χ2v) is 6.05. The highest BCUT2D eigenvalue weighted by Gasteiger charge is 2.54. The highest BCUT2D eigenvalue weighted by atomic mass is 19.4. The van der Waals surface area contributed by atoms with Crippen molar-refractivity contribution in [2.24, 2.45) is 5.92 Å². The molecule has 4 nitrogen and oxygen atoms in total. The molecule has 0 spiro atoms. The fourth-order valence-corrected chi connectivity index (χ4v) is 3.70. The molecule has 2 bridgehead atoms. The summed E-state index contributed by atoms with van der Waals surface area (Å²) < 4.78 is 38.6. The SMILES string of the molecule is O=C1[C@H]2C3C=CC(CC3)N2C(=O)N1c1cccc(C(F)(F)F)c1. The van der Waals surface area contributed by atoms with Gasteiger partial charge in [0.1, 0.15) is 6.04 Å². The molecular weight excluding hydrogens is 309 g/mol. The van der Waals surface area contributed by atoms with E-state index < -0.39 is 29.7 Å². The molecule has 3 aliphatic heterocycles. The van der Waals surface area contributed by atoms with Crippen LogP contribution in [-0.2, 0) is 11.0 Å². The lowest BCUT2D eigenvalue weighted by Gasteiger charge is -2.41. The summed E-state index contributed by atoms with van der Waals surface area (Å²) in [6.07, 6.45) is 0.933. The number of rotatable bonds is 1. The maximum Gasteiger partial charge on any atom is 0.416 e. The molecule has 2 saturated heterocycles. The average Bonchev–Trinajstić information content (AvgIpc) is 2.81. The smallest absolute Gasteiger partial charge is 0.305 e. The third-order valence-corrected chi connectivity index (χ3v) is 4.76. The molecule has 2 unspecified atom stereocenters. The Balaban J connectivity index is 1.74. The van der Waals surface area contributed by atoms with Crippen molar-refractivity contribution in [1.82, 2.24) is 4.90 Å². The van der Waals surface area contributed by atoms with Crippen molar-refractivity contribution >= 4 is 17.6 Å². The van der Waals surface area contributed by atoms with E-state index in [1.165, 1.54) is 17.0 Å². The van der Waals surface area contributed by atoms with E-state index in [4.69, 9.17) is 0 Å². The highest BCUT2D eigenvalue weighted by molar-refractivity contribution is 6.22. The van der Waals surface area contributed by atoms with E-state index >= 15 is 0 Å². The Kier molecular flexibility index (Phi) is 2.86. The predicted octanol–water partition coefficient (Wildman–Crippen LogP) is 3.19. The monoisotopic (exact) mass is 322 g/mol. The van der Waals surface area contributed by atoms with E-state index in [1.54, 1.807) is 0 Å². The van der Waals surface area contributed by atoms with Gasteiger partial charge < -0.3 is 4.90 Å². The second kappa shape index (κ2) is 4.59. The van der Waals surface area contributed by atoms with Crippen LogP contribution in [0.15, 0.2) is 36.4 Å². The van der Waals surface area contributed by atoms with Gasteiger partial charge in [0.2, 0.25) is 0 Å². The standard InChI is InChI=1S/C16H13F3N2O2/c17-16(18,19)10-2-1-3-12(8-10)21-14(22)13-9-4-6-11(7-5-9)20(13)15(21)23/h1-4,6,8-9,11,13H,5,7H2/t9?,11?,13-/m1/s1. The van der Waals surface area contributed by atoms with Crippen molar-refractivity contribution in [2.45, 2.75) is 31.1 Å². The zero-order chi connectivity index (χ0) is 16.4. The van der Waals surface area contributed by atoms with Crippen LogP contribution >= 0.6 is 0 Å². The number of imide groups is 1. The molecule has 120 valence electrons. The molecule has 3 amide bonds. The van der Waals surface area contributed by atoms with Gasteiger partial charge in [-0.1, -0.05) is 18.2 Å². The number of carbonyl (C=O) groups excluding carboxylic acids is 2. The fraction of sp³-hybridized carbons (Fsp3) is 0.375. The molecule has 7 heteroatoms. The lowest BCUT2D eigenvalue weighted by atomic mass is 9.80. The lowest BCUT2D eigenvalue weighted by Crippen LogP contribution is -2.52. The Morgan fingerprint density at radius 3 is 2.48 bits per heavy atom. The quantitative estimate of drug-likeness (QED) is 0.588. The molecule has 0 saturated carbocycles. The molecule has 23 heavy (non-hydrogen) atoms. The molecule has 1 aromatic carbocycles. The fourth-order valence-electron chi connectivity index (χ4n) is 3.70. The summed E-state index contributed by atoms with van der Waals surface area (Å²) in [5.74, 6) is -0.486. The summed E-state index contributed by atoms with van der Waals surface area (Å²) in [6.45, 7) is 0. The summed E-state index contributed by atoms with van der Waals surface area (Å²) in [5.41, 5.74) is -0.898.